The monoisotopic (exact) mass is 416 g/mol. The van der Waals surface area contributed by atoms with E-state index in [1.54, 1.807) is 31.3 Å². The predicted octanol–water partition coefficient (Wildman–Crippen LogP) is 3.99. The first kappa shape index (κ1) is 19.3. The van der Waals surface area contributed by atoms with Gasteiger partial charge in [-0.3, -0.25) is 4.98 Å². The van der Waals surface area contributed by atoms with Crippen LogP contribution in [0.2, 0.25) is 0 Å². The molecule has 4 aromatic rings. The average Bonchev–Trinajstić information content (AvgIpc) is 3.53. The molecular weight excluding hydrogens is 392 g/mol. The number of anilines is 2. The van der Waals surface area contributed by atoms with E-state index < -0.39 is 0 Å². The number of methoxy groups -OCH3 is 2. The Bertz CT molecular complexity index is 1210. The van der Waals surface area contributed by atoms with Crippen molar-refractivity contribution in [2.45, 2.75) is 12.8 Å². The molecule has 1 aliphatic carbocycles. The number of hydrogen-bond acceptors (Lipinski definition) is 7. The fraction of sp³-hybridized carbons (Fsp3) is 0.304. The number of benzene rings is 2. The smallest absolute Gasteiger partial charge is 0.124 e. The van der Waals surface area contributed by atoms with Crippen molar-refractivity contribution in [1.82, 2.24) is 25.0 Å². The molecule has 5 rings (SSSR count). The van der Waals surface area contributed by atoms with Gasteiger partial charge in [0.15, 0.2) is 0 Å². The first-order valence-electron chi connectivity index (χ1n) is 10.3. The van der Waals surface area contributed by atoms with E-state index in [9.17, 15) is 0 Å². The fourth-order valence-corrected chi connectivity index (χ4v) is 3.68. The predicted molar refractivity (Wildman–Crippen MR) is 119 cm³/mol. The topological polar surface area (TPSA) is 78.2 Å². The van der Waals surface area contributed by atoms with Crippen molar-refractivity contribution in [2.75, 3.05) is 25.7 Å². The van der Waals surface area contributed by atoms with Crippen molar-refractivity contribution < 1.29 is 9.47 Å². The fourth-order valence-electron chi connectivity index (χ4n) is 3.68. The molecule has 1 fully saturated rings. The number of ether oxygens (including phenoxy) is 2. The van der Waals surface area contributed by atoms with Crippen LogP contribution in [0.3, 0.4) is 0 Å². The molecule has 158 valence electrons. The van der Waals surface area contributed by atoms with Crippen LogP contribution in [0, 0.1) is 5.92 Å². The normalized spacial score (nSPS) is 13.4. The second-order valence-corrected chi connectivity index (χ2v) is 7.80. The molecule has 8 heteroatoms. The Balaban J connectivity index is 1.59. The molecule has 2 heterocycles. The number of aryl methyl sites for hydroxylation is 1. The summed E-state index contributed by atoms with van der Waals surface area (Å²) in [5.74, 6) is 2.22. The van der Waals surface area contributed by atoms with Crippen molar-refractivity contribution in [1.29, 1.82) is 0 Å². The van der Waals surface area contributed by atoms with Gasteiger partial charge < -0.3 is 14.4 Å². The summed E-state index contributed by atoms with van der Waals surface area (Å²) in [7, 11) is 5.19. The minimum Gasteiger partial charge on any atom is -0.497 e. The highest BCUT2D eigenvalue weighted by molar-refractivity contribution is 5.82. The third kappa shape index (κ3) is 3.88. The molecule has 0 atom stereocenters. The van der Waals surface area contributed by atoms with E-state index in [0.29, 0.717) is 5.92 Å². The molecule has 1 saturated carbocycles. The Morgan fingerprint density at radius 2 is 1.74 bits per heavy atom. The molecule has 0 bridgehead atoms. The molecule has 2 aromatic carbocycles. The number of aromatic nitrogens is 5. The van der Waals surface area contributed by atoms with Crippen LogP contribution in [0.25, 0.3) is 22.4 Å². The highest BCUT2D eigenvalue weighted by Gasteiger charge is 2.26. The van der Waals surface area contributed by atoms with E-state index in [1.165, 1.54) is 12.8 Å². The molecule has 0 saturated heterocycles. The Morgan fingerprint density at radius 1 is 0.968 bits per heavy atom. The number of fused-ring (bicyclic) bond motifs is 1. The summed E-state index contributed by atoms with van der Waals surface area (Å²) >= 11 is 0. The maximum absolute atomic E-state index is 5.50. The zero-order valence-corrected chi connectivity index (χ0v) is 17.8. The van der Waals surface area contributed by atoms with E-state index in [-0.39, 0.29) is 0 Å². The zero-order chi connectivity index (χ0) is 21.4. The Labute approximate surface area is 180 Å². The van der Waals surface area contributed by atoms with Gasteiger partial charge in [0.05, 0.1) is 37.6 Å². The van der Waals surface area contributed by atoms with Crippen molar-refractivity contribution in [3.8, 4) is 22.9 Å². The molecule has 1 aliphatic rings. The largest absolute Gasteiger partial charge is 0.497 e. The van der Waals surface area contributed by atoms with Crippen LogP contribution < -0.4 is 14.4 Å². The number of rotatable bonds is 7. The molecular formula is C23H24N6O2. The molecule has 8 nitrogen and oxygen atoms in total. The lowest BCUT2D eigenvalue weighted by Gasteiger charge is -2.26. The Hall–Kier alpha value is -3.68. The second kappa shape index (κ2) is 7.86. The summed E-state index contributed by atoms with van der Waals surface area (Å²) in [6.07, 6.45) is 5.96. The van der Waals surface area contributed by atoms with Crippen LogP contribution in [0.1, 0.15) is 12.8 Å². The lowest BCUT2D eigenvalue weighted by atomic mass is 10.1. The third-order valence-electron chi connectivity index (χ3n) is 5.60. The molecule has 0 radical (unpaired) electrons. The minimum absolute atomic E-state index is 0.686. The van der Waals surface area contributed by atoms with Crippen LogP contribution in [0.4, 0.5) is 11.4 Å². The number of hydrogen-bond donors (Lipinski definition) is 0. The van der Waals surface area contributed by atoms with Crippen molar-refractivity contribution in [3.63, 3.8) is 0 Å². The van der Waals surface area contributed by atoms with Gasteiger partial charge in [0.25, 0.3) is 0 Å². The van der Waals surface area contributed by atoms with Gasteiger partial charge in [-0.05, 0) is 37.0 Å². The van der Waals surface area contributed by atoms with Gasteiger partial charge >= 0.3 is 0 Å². The third-order valence-corrected chi connectivity index (χ3v) is 5.60. The van der Waals surface area contributed by atoms with E-state index in [2.05, 4.69) is 32.3 Å². The quantitative estimate of drug-likeness (QED) is 0.451. The average molecular weight is 416 g/mol. The summed E-state index contributed by atoms with van der Waals surface area (Å²) < 4.78 is 12.7. The SMILES string of the molecule is COc1cc(OC)cc(N(CC2CC2)c2ccc3ncc(-c4cnnn4C)nc3c2)c1. The van der Waals surface area contributed by atoms with Crippen molar-refractivity contribution >= 4 is 22.4 Å². The van der Waals surface area contributed by atoms with Gasteiger partial charge in [0.1, 0.15) is 22.9 Å². The zero-order valence-electron chi connectivity index (χ0n) is 17.8. The molecule has 0 N–H and O–H groups in total. The van der Waals surface area contributed by atoms with Gasteiger partial charge in [-0.15, -0.1) is 5.10 Å². The second-order valence-electron chi connectivity index (χ2n) is 7.80. The van der Waals surface area contributed by atoms with Crippen LogP contribution in [0.5, 0.6) is 11.5 Å². The van der Waals surface area contributed by atoms with E-state index in [0.717, 1.165) is 51.8 Å². The van der Waals surface area contributed by atoms with Gasteiger partial charge in [-0.2, -0.15) is 0 Å². The lowest BCUT2D eigenvalue weighted by Crippen LogP contribution is -2.20. The molecule has 0 amide bonds. The van der Waals surface area contributed by atoms with Crippen molar-refractivity contribution in [2.24, 2.45) is 13.0 Å². The Morgan fingerprint density at radius 3 is 2.39 bits per heavy atom. The molecule has 0 unspecified atom stereocenters. The summed E-state index contributed by atoms with van der Waals surface area (Å²) in [5.41, 5.74) is 5.33. The van der Waals surface area contributed by atoms with Gasteiger partial charge in [0, 0.05) is 43.2 Å². The van der Waals surface area contributed by atoms with Gasteiger partial charge in [-0.1, -0.05) is 5.21 Å². The van der Waals surface area contributed by atoms with Crippen LogP contribution >= 0.6 is 0 Å². The molecule has 0 spiro atoms. The van der Waals surface area contributed by atoms with Gasteiger partial charge in [0.2, 0.25) is 0 Å². The maximum atomic E-state index is 5.50. The lowest BCUT2D eigenvalue weighted by molar-refractivity contribution is 0.394. The van der Waals surface area contributed by atoms with E-state index >= 15 is 0 Å². The molecule has 0 aliphatic heterocycles. The minimum atomic E-state index is 0.686. The maximum Gasteiger partial charge on any atom is 0.124 e. The highest BCUT2D eigenvalue weighted by Crippen LogP contribution is 2.38. The number of nitrogens with zero attached hydrogens (tertiary/aromatic N) is 6. The van der Waals surface area contributed by atoms with Crippen molar-refractivity contribution in [3.05, 3.63) is 48.8 Å². The van der Waals surface area contributed by atoms with Crippen LogP contribution in [-0.2, 0) is 7.05 Å². The molecule has 2 aromatic heterocycles. The van der Waals surface area contributed by atoms with Crippen LogP contribution in [-0.4, -0.2) is 45.7 Å². The highest BCUT2D eigenvalue weighted by atomic mass is 16.5. The van der Waals surface area contributed by atoms with E-state index in [1.807, 2.05) is 31.3 Å². The van der Waals surface area contributed by atoms with E-state index in [4.69, 9.17) is 14.5 Å². The first-order chi connectivity index (χ1) is 15.1. The van der Waals surface area contributed by atoms with Gasteiger partial charge in [-0.25, -0.2) is 9.67 Å². The summed E-state index contributed by atoms with van der Waals surface area (Å²) in [6, 6.07) is 12.2. The molecule has 31 heavy (non-hydrogen) atoms. The van der Waals surface area contributed by atoms with Crippen LogP contribution in [0.15, 0.2) is 48.8 Å². The summed E-state index contributed by atoms with van der Waals surface area (Å²) in [4.78, 5) is 11.7. The summed E-state index contributed by atoms with van der Waals surface area (Å²) in [6.45, 7) is 0.931. The Kier molecular flexibility index (Phi) is 4.89. The standard InChI is InChI=1S/C23H24N6O2/c1-28-23(13-25-27-28)22-12-24-20-7-6-16(10-21(20)26-22)29(14-15-4-5-15)17-8-18(30-2)11-19(9-17)31-3/h6-13,15H,4-5,14H2,1-3H3. The summed E-state index contributed by atoms with van der Waals surface area (Å²) in [5, 5.41) is 7.95. The first-order valence-corrected chi connectivity index (χ1v) is 10.3.